The fourth-order valence-corrected chi connectivity index (χ4v) is 7.43. The average molecular weight is 792 g/mol. The number of benzene rings is 3. The van der Waals surface area contributed by atoms with Gasteiger partial charge in [-0.1, -0.05) is 69.3 Å². The van der Waals surface area contributed by atoms with Crippen molar-refractivity contribution in [2.24, 2.45) is 5.41 Å². The van der Waals surface area contributed by atoms with Gasteiger partial charge in [0.05, 0.1) is 34.8 Å². The Morgan fingerprint density at radius 3 is 2.37 bits per heavy atom. The number of phenols is 1. The highest BCUT2D eigenvalue weighted by Gasteiger charge is 2.44. The van der Waals surface area contributed by atoms with E-state index in [1.165, 1.54) is 4.90 Å². The minimum atomic E-state index is -0.906. The van der Waals surface area contributed by atoms with Crippen LogP contribution in [0.4, 0.5) is 5.82 Å². The van der Waals surface area contributed by atoms with Crippen LogP contribution in [0.3, 0.4) is 0 Å². The third kappa shape index (κ3) is 10.1. The van der Waals surface area contributed by atoms with Gasteiger partial charge in [-0.2, -0.15) is 0 Å². The maximum Gasteiger partial charge on any atom is 0.246 e. The van der Waals surface area contributed by atoms with Crippen LogP contribution in [0.15, 0.2) is 90.6 Å². The fourth-order valence-electron chi connectivity index (χ4n) is 6.80. The van der Waals surface area contributed by atoms with Gasteiger partial charge in [0, 0.05) is 36.7 Å². The molecule has 6 rings (SSSR count). The van der Waals surface area contributed by atoms with Crippen molar-refractivity contribution in [3.8, 4) is 44.3 Å². The predicted octanol–water partition coefficient (Wildman–Crippen LogP) is 6.14. The lowest BCUT2D eigenvalue weighted by molar-refractivity contribution is -0.144. The standard InChI is InChI=1S/C43H49N7O6S/c1-26(27-12-14-29(15-13-27)37-23-45-25-57-37)46-41(54)35-21-30(51)24-50(35)42(55)39(43(2,3)4)47-38(53)11-7-8-20-56-31-18-16-28(17-19-31)33-22-34(48-49-40(33)44)32-9-5-6-10-36(32)52/h5-6,9-10,12-19,22-23,25-26,30,35,39,51-52H,7-8,11,20-21,24H2,1-4H3,(H2,44,49)(H,46,54)(H,47,53)/t26-,30+,35-,39?/m0/s1. The van der Waals surface area contributed by atoms with Gasteiger partial charge in [-0.15, -0.1) is 21.5 Å². The van der Waals surface area contributed by atoms with E-state index in [1.807, 2.05) is 88.5 Å². The summed E-state index contributed by atoms with van der Waals surface area (Å²) in [4.78, 5) is 47.4. The number of aliphatic hydroxyl groups excluding tert-OH is 1. The zero-order valence-electron chi connectivity index (χ0n) is 32.5. The number of aliphatic hydroxyl groups is 1. The smallest absolute Gasteiger partial charge is 0.246 e. The first-order valence-corrected chi connectivity index (χ1v) is 19.9. The van der Waals surface area contributed by atoms with Crippen LogP contribution in [-0.2, 0) is 14.4 Å². The summed E-state index contributed by atoms with van der Waals surface area (Å²) in [7, 11) is 0. The number of para-hydroxylation sites is 1. The molecule has 3 heterocycles. The van der Waals surface area contributed by atoms with Gasteiger partial charge in [-0.25, -0.2) is 0 Å². The van der Waals surface area contributed by atoms with Crippen LogP contribution in [0, 0.1) is 5.41 Å². The third-order valence-electron chi connectivity index (χ3n) is 10.0. The first-order chi connectivity index (χ1) is 27.3. The van der Waals surface area contributed by atoms with Crippen LogP contribution in [0.25, 0.3) is 32.8 Å². The normalized spacial score (nSPS) is 16.5. The van der Waals surface area contributed by atoms with Gasteiger partial charge in [0.25, 0.3) is 0 Å². The zero-order chi connectivity index (χ0) is 40.7. The molecule has 1 unspecified atom stereocenters. The molecule has 5 aromatic rings. The van der Waals surface area contributed by atoms with E-state index in [1.54, 1.807) is 41.1 Å². The van der Waals surface area contributed by atoms with E-state index in [4.69, 9.17) is 10.5 Å². The van der Waals surface area contributed by atoms with Crippen LogP contribution in [-0.4, -0.2) is 79.4 Å². The number of likely N-dealkylation sites (tertiary alicyclic amines) is 1. The number of phenolic OH excluding ortho intramolecular Hbond substituents is 1. The molecule has 14 heteroatoms. The van der Waals surface area contributed by atoms with E-state index in [0.29, 0.717) is 42.0 Å². The Bertz CT molecular complexity index is 2160. The first kappa shape index (κ1) is 40.8. The molecule has 1 saturated heterocycles. The Morgan fingerprint density at radius 1 is 0.965 bits per heavy atom. The molecule has 2 aromatic heterocycles. The minimum Gasteiger partial charge on any atom is -0.507 e. The number of aromatic hydroxyl groups is 1. The first-order valence-electron chi connectivity index (χ1n) is 19.0. The molecular formula is C43H49N7O6S. The number of ether oxygens (including phenoxy) is 1. The number of unbranched alkanes of at least 4 members (excludes halogenated alkanes) is 1. The number of nitrogens with two attached hydrogens (primary N) is 1. The molecule has 0 aliphatic carbocycles. The maximum atomic E-state index is 14.0. The van der Waals surface area contributed by atoms with E-state index in [0.717, 1.165) is 21.6 Å². The van der Waals surface area contributed by atoms with Gasteiger partial charge in [0.2, 0.25) is 17.7 Å². The van der Waals surface area contributed by atoms with E-state index in [9.17, 15) is 24.6 Å². The molecule has 6 N–H and O–H groups in total. The Balaban J connectivity index is 0.984. The summed E-state index contributed by atoms with van der Waals surface area (Å²) in [5.41, 5.74) is 11.7. The molecule has 0 spiro atoms. The van der Waals surface area contributed by atoms with Crippen LogP contribution in [0.1, 0.15) is 65.0 Å². The monoisotopic (exact) mass is 791 g/mol. The van der Waals surface area contributed by atoms with Gasteiger partial charge in [-0.3, -0.25) is 19.4 Å². The van der Waals surface area contributed by atoms with Crippen LogP contribution >= 0.6 is 11.3 Å². The molecule has 298 valence electrons. The number of rotatable bonds is 14. The molecule has 3 amide bonds. The third-order valence-corrected chi connectivity index (χ3v) is 10.8. The topological polar surface area (TPSA) is 193 Å². The Kier molecular flexibility index (Phi) is 12.8. The molecule has 3 aromatic carbocycles. The van der Waals surface area contributed by atoms with Crippen molar-refractivity contribution in [1.29, 1.82) is 0 Å². The number of hydrogen-bond acceptors (Lipinski definition) is 11. The van der Waals surface area contributed by atoms with Crippen molar-refractivity contribution in [3.63, 3.8) is 0 Å². The van der Waals surface area contributed by atoms with Crippen LogP contribution in [0.5, 0.6) is 11.5 Å². The van der Waals surface area contributed by atoms with E-state index in [2.05, 4.69) is 25.8 Å². The van der Waals surface area contributed by atoms with Crippen molar-refractivity contribution in [1.82, 2.24) is 30.7 Å². The molecule has 4 atom stereocenters. The Morgan fingerprint density at radius 2 is 1.68 bits per heavy atom. The van der Waals surface area contributed by atoms with Crippen molar-refractivity contribution in [3.05, 3.63) is 96.1 Å². The van der Waals surface area contributed by atoms with Crippen LogP contribution < -0.4 is 21.1 Å². The molecule has 0 bridgehead atoms. The van der Waals surface area contributed by atoms with Crippen LogP contribution in [0.2, 0.25) is 0 Å². The Hall–Kier alpha value is -5.86. The number of carbonyl (C=O) groups excluding carboxylic acids is 3. The molecular weight excluding hydrogens is 743 g/mol. The highest BCUT2D eigenvalue weighted by atomic mass is 32.1. The van der Waals surface area contributed by atoms with Crippen molar-refractivity contribution in [2.75, 3.05) is 18.9 Å². The summed E-state index contributed by atoms with van der Waals surface area (Å²) < 4.78 is 5.93. The summed E-state index contributed by atoms with van der Waals surface area (Å²) in [5, 5.41) is 35.0. The fraction of sp³-hybridized carbons (Fsp3) is 0.349. The quantitative estimate of drug-likeness (QED) is 0.0816. The molecule has 1 fully saturated rings. The highest BCUT2D eigenvalue weighted by Crippen LogP contribution is 2.33. The van der Waals surface area contributed by atoms with Crippen molar-refractivity contribution < 1.29 is 29.3 Å². The number of amides is 3. The van der Waals surface area contributed by atoms with Crippen molar-refractivity contribution >= 4 is 34.9 Å². The number of nitrogen functional groups attached to an aromatic ring is 1. The predicted molar refractivity (Wildman–Crippen MR) is 220 cm³/mol. The lowest BCUT2D eigenvalue weighted by atomic mass is 9.85. The van der Waals surface area contributed by atoms with E-state index in [-0.39, 0.29) is 48.8 Å². The second-order valence-corrected chi connectivity index (χ2v) is 16.2. The number of nitrogens with zero attached hydrogens (tertiary/aromatic N) is 4. The van der Waals surface area contributed by atoms with Gasteiger partial charge in [0.15, 0.2) is 5.82 Å². The van der Waals surface area contributed by atoms with Crippen molar-refractivity contribution in [2.45, 2.75) is 77.6 Å². The summed E-state index contributed by atoms with van der Waals surface area (Å²) in [6.07, 6.45) is 2.37. The van der Waals surface area contributed by atoms with Gasteiger partial charge in [0.1, 0.15) is 23.6 Å². The number of nitrogens with one attached hydrogen (secondary N) is 2. The number of anilines is 1. The number of thiazole rings is 1. The summed E-state index contributed by atoms with van der Waals surface area (Å²) in [6.45, 7) is 7.84. The lowest BCUT2D eigenvalue weighted by Gasteiger charge is -2.35. The highest BCUT2D eigenvalue weighted by molar-refractivity contribution is 7.13. The van der Waals surface area contributed by atoms with E-state index >= 15 is 0 Å². The maximum absolute atomic E-state index is 14.0. The van der Waals surface area contributed by atoms with Gasteiger partial charge in [-0.05, 0) is 72.2 Å². The molecule has 0 radical (unpaired) electrons. The second-order valence-electron chi connectivity index (χ2n) is 15.4. The second kappa shape index (κ2) is 17.9. The summed E-state index contributed by atoms with van der Waals surface area (Å²) in [6, 6.07) is 21.8. The molecule has 13 nitrogen and oxygen atoms in total. The lowest BCUT2D eigenvalue weighted by Crippen LogP contribution is -2.57. The Labute approximate surface area is 336 Å². The molecule has 1 aliphatic heterocycles. The minimum absolute atomic E-state index is 0.00171. The van der Waals surface area contributed by atoms with Gasteiger partial charge < -0.3 is 36.2 Å². The molecule has 1 aliphatic rings. The largest absolute Gasteiger partial charge is 0.507 e. The molecule has 57 heavy (non-hydrogen) atoms. The molecule has 0 saturated carbocycles. The van der Waals surface area contributed by atoms with Gasteiger partial charge >= 0.3 is 0 Å². The number of aromatic nitrogens is 3. The average Bonchev–Trinajstić information content (AvgIpc) is 3.88. The zero-order valence-corrected chi connectivity index (χ0v) is 33.3. The number of β-amino-alcohol motifs (C(OH)–C–C–N with tert-alkyl or cyclic N) is 1. The SMILES string of the molecule is C[C@H](NC(=O)[C@@H]1C[C@@H](O)CN1C(=O)C(NC(=O)CCCCOc1ccc(-c2cc(-c3ccccc3O)nnc2N)cc1)C(C)(C)C)c1ccc(-c2cncs2)cc1. The summed E-state index contributed by atoms with van der Waals surface area (Å²) in [5.74, 6) is -0.0371. The number of hydrogen-bond donors (Lipinski definition) is 5. The summed E-state index contributed by atoms with van der Waals surface area (Å²) >= 11 is 1.55. The number of carbonyl (C=O) groups is 3. The van der Waals surface area contributed by atoms with E-state index < -0.39 is 29.5 Å².